The third-order valence-corrected chi connectivity index (χ3v) is 5.49. The number of benzene rings is 1. The zero-order valence-corrected chi connectivity index (χ0v) is 13.1. The van der Waals surface area contributed by atoms with Crippen molar-refractivity contribution in [3.63, 3.8) is 0 Å². The molecule has 0 radical (unpaired) electrons. The first-order valence-electron chi connectivity index (χ1n) is 8.47. The van der Waals surface area contributed by atoms with E-state index in [1.165, 1.54) is 18.5 Å². The second kappa shape index (κ2) is 6.37. The molecule has 3 rings (SSSR count). The van der Waals surface area contributed by atoms with Gasteiger partial charge >= 0.3 is 0 Å². The van der Waals surface area contributed by atoms with Gasteiger partial charge in [0.25, 0.3) is 0 Å². The van der Waals surface area contributed by atoms with Gasteiger partial charge in [-0.2, -0.15) is 0 Å². The van der Waals surface area contributed by atoms with Crippen LogP contribution in [-0.2, 0) is 0 Å². The summed E-state index contributed by atoms with van der Waals surface area (Å²) >= 11 is 0. The minimum absolute atomic E-state index is 0.286. The van der Waals surface area contributed by atoms with Crippen LogP contribution in [0.1, 0.15) is 39.0 Å². The van der Waals surface area contributed by atoms with Crippen molar-refractivity contribution in [1.82, 2.24) is 5.32 Å². The molecule has 2 unspecified atom stereocenters. The molecule has 0 aliphatic carbocycles. The molecule has 0 saturated carbocycles. The summed E-state index contributed by atoms with van der Waals surface area (Å²) in [6, 6.07) is 10.8. The number of hydrogen-bond acceptors (Lipinski definition) is 3. The first-order chi connectivity index (χ1) is 10.2. The van der Waals surface area contributed by atoms with Crippen molar-refractivity contribution in [2.75, 3.05) is 24.5 Å². The van der Waals surface area contributed by atoms with Gasteiger partial charge in [0, 0.05) is 24.8 Å². The predicted octanol–water partition coefficient (Wildman–Crippen LogP) is 2.80. The molecular formula is C18H28N2O. The van der Waals surface area contributed by atoms with Crippen LogP contribution in [0.25, 0.3) is 0 Å². The first kappa shape index (κ1) is 14.9. The number of para-hydroxylation sites is 1. The maximum atomic E-state index is 11.1. The third-order valence-electron chi connectivity index (χ3n) is 5.49. The summed E-state index contributed by atoms with van der Waals surface area (Å²) in [6.07, 6.45) is 5.38. The van der Waals surface area contributed by atoms with E-state index in [0.29, 0.717) is 0 Å². The van der Waals surface area contributed by atoms with Crippen molar-refractivity contribution >= 4 is 5.69 Å². The molecule has 2 aliphatic heterocycles. The molecule has 2 fully saturated rings. The van der Waals surface area contributed by atoms with Crippen molar-refractivity contribution in [3.8, 4) is 0 Å². The quantitative estimate of drug-likeness (QED) is 0.898. The highest BCUT2D eigenvalue weighted by Crippen LogP contribution is 2.34. The summed E-state index contributed by atoms with van der Waals surface area (Å²) in [5.74, 6) is 0.785. The van der Waals surface area contributed by atoms with Gasteiger partial charge in [0.2, 0.25) is 0 Å². The Morgan fingerprint density at radius 1 is 1.24 bits per heavy atom. The molecule has 0 aromatic heterocycles. The van der Waals surface area contributed by atoms with Crippen molar-refractivity contribution in [2.24, 2.45) is 5.92 Å². The van der Waals surface area contributed by atoms with Gasteiger partial charge in [-0.3, -0.25) is 0 Å². The molecule has 0 spiro atoms. The predicted molar refractivity (Wildman–Crippen MR) is 87.6 cm³/mol. The van der Waals surface area contributed by atoms with Crippen LogP contribution in [0.2, 0.25) is 0 Å². The van der Waals surface area contributed by atoms with Crippen LogP contribution < -0.4 is 10.2 Å². The second-order valence-corrected chi connectivity index (χ2v) is 6.73. The van der Waals surface area contributed by atoms with Crippen LogP contribution in [0.15, 0.2) is 30.3 Å². The van der Waals surface area contributed by atoms with E-state index >= 15 is 0 Å². The smallest absolute Gasteiger partial charge is 0.0833 e. The zero-order valence-electron chi connectivity index (χ0n) is 13.1. The fraction of sp³-hybridized carbons (Fsp3) is 0.667. The summed E-state index contributed by atoms with van der Waals surface area (Å²) in [5, 5.41) is 14.7. The number of aliphatic hydroxyl groups is 1. The largest absolute Gasteiger partial charge is 0.388 e. The topological polar surface area (TPSA) is 35.5 Å². The van der Waals surface area contributed by atoms with Gasteiger partial charge in [-0.05, 0) is 50.3 Å². The molecule has 0 amide bonds. The van der Waals surface area contributed by atoms with Gasteiger partial charge in [-0.25, -0.2) is 0 Å². The SMILES string of the molecule is CCC1CCNC(C2(O)CCN(c3ccccc3)CC2)C1. The molecule has 2 N–H and O–H groups in total. The Balaban J connectivity index is 1.61. The van der Waals surface area contributed by atoms with Gasteiger partial charge < -0.3 is 15.3 Å². The number of piperidine rings is 2. The number of hydrogen-bond donors (Lipinski definition) is 2. The van der Waals surface area contributed by atoms with Crippen LogP contribution >= 0.6 is 0 Å². The lowest BCUT2D eigenvalue weighted by atomic mass is 9.77. The Morgan fingerprint density at radius 3 is 2.62 bits per heavy atom. The molecule has 3 nitrogen and oxygen atoms in total. The maximum absolute atomic E-state index is 11.1. The molecule has 21 heavy (non-hydrogen) atoms. The highest BCUT2D eigenvalue weighted by Gasteiger charge is 2.41. The summed E-state index contributed by atoms with van der Waals surface area (Å²) in [5.41, 5.74) is 0.765. The lowest BCUT2D eigenvalue weighted by Crippen LogP contribution is -2.58. The van der Waals surface area contributed by atoms with E-state index in [-0.39, 0.29) is 6.04 Å². The van der Waals surface area contributed by atoms with Gasteiger partial charge in [0.05, 0.1) is 5.60 Å². The van der Waals surface area contributed by atoms with E-state index < -0.39 is 5.60 Å². The van der Waals surface area contributed by atoms with E-state index in [1.807, 2.05) is 0 Å². The van der Waals surface area contributed by atoms with Crippen LogP contribution in [0.4, 0.5) is 5.69 Å². The van der Waals surface area contributed by atoms with E-state index in [0.717, 1.165) is 44.8 Å². The maximum Gasteiger partial charge on any atom is 0.0833 e. The Labute approximate surface area is 128 Å². The lowest BCUT2D eigenvalue weighted by molar-refractivity contribution is -0.0341. The zero-order chi connectivity index (χ0) is 14.7. The van der Waals surface area contributed by atoms with Crippen molar-refractivity contribution in [1.29, 1.82) is 0 Å². The molecule has 116 valence electrons. The van der Waals surface area contributed by atoms with Gasteiger partial charge in [-0.15, -0.1) is 0 Å². The molecule has 1 aromatic carbocycles. The monoisotopic (exact) mass is 288 g/mol. The fourth-order valence-electron chi connectivity index (χ4n) is 3.92. The molecule has 2 atom stereocenters. The number of anilines is 1. The number of nitrogens with zero attached hydrogens (tertiary/aromatic N) is 1. The average molecular weight is 288 g/mol. The van der Waals surface area contributed by atoms with Gasteiger partial charge in [-0.1, -0.05) is 31.5 Å². The van der Waals surface area contributed by atoms with Crippen LogP contribution in [0, 0.1) is 5.92 Å². The second-order valence-electron chi connectivity index (χ2n) is 6.73. The Hall–Kier alpha value is -1.06. The van der Waals surface area contributed by atoms with Gasteiger partial charge in [0.1, 0.15) is 0 Å². The molecule has 2 heterocycles. The number of rotatable bonds is 3. The summed E-state index contributed by atoms with van der Waals surface area (Å²) in [4.78, 5) is 2.40. The van der Waals surface area contributed by atoms with E-state index in [2.05, 4.69) is 47.5 Å². The van der Waals surface area contributed by atoms with E-state index in [4.69, 9.17) is 0 Å². The molecule has 2 aliphatic rings. The average Bonchev–Trinajstić information content (AvgIpc) is 2.56. The summed E-state index contributed by atoms with van der Waals surface area (Å²) in [6.45, 7) is 5.24. The summed E-state index contributed by atoms with van der Waals surface area (Å²) in [7, 11) is 0. The molecule has 1 aromatic rings. The third kappa shape index (κ3) is 3.24. The lowest BCUT2D eigenvalue weighted by Gasteiger charge is -2.46. The molecule has 2 saturated heterocycles. The Bertz CT molecular complexity index is 440. The fourth-order valence-corrected chi connectivity index (χ4v) is 3.92. The minimum atomic E-state index is -0.515. The van der Waals surface area contributed by atoms with E-state index in [1.54, 1.807) is 0 Å². The number of nitrogens with one attached hydrogen (secondary N) is 1. The van der Waals surface area contributed by atoms with E-state index in [9.17, 15) is 5.11 Å². The molecule has 3 heteroatoms. The van der Waals surface area contributed by atoms with Crippen LogP contribution in [0.5, 0.6) is 0 Å². The van der Waals surface area contributed by atoms with Crippen LogP contribution in [0.3, 0.4) is 0 Å². The standard InChI is InChI=1S/C18H28N2O/c1-2-15-8-11-19-17(14-15)18(21)9-12-20(13-10-18)16-6-4-3-5-7-16/h3-7,15,17,19,21H,2,8-14H2,1H3. The highest BCUT2D eigenvalue weighted by atomic mass is 16.3. The Kier molecular flexibility index (Phi) is 4.51. The van der Waals surface area contributed by atoms with Crippen molar-refractivity contribution in [2.45, 2.75) is 50.7 Å². The minimum Gasteiger partial charge on any atom is -0.388 e. The van der Waals surface area contributed by atoms with Crippen molar-refractivity contribution < 1.29 is 5.11 Å². The normalized spacial score (nSPS) is 29.3. The molecular weight excluding hydrogens is 260 g/mol. The first-order valence-corrected chi connectivity index (χ1v) is 8.47. The molecule has 0 bridgehead atoms. The van der Waals surface area contributed by atoms with Gasteiger partial charge in [0.15, 0.2) is 0 Å². The highest BCUT2D eigenvalue weighted by molar-refractivity contribution is 5.46. The Morgan fingerprint density at radius 2 is 1.95 bits per heavy atom. The van der Waals surface area contributed by atoms with Crippen LogP contribution in [-0.4, -0.2) is 36.4 Å². The summed E-state index contributed by atoms with van der Waals surface area (Å²) < 4.78 is 0. The van der Waals surface area contributed by atoms with Crippen molar-refractivity contribution in [3.05, 3.63) is 30.3 Å².